The molecule has 0 spiro atoms. The lowest BCUT2D eigenvalue weighted by atomic mass is 10.2. The fraction of sp³-hybridized carbons (Fsp3) is 0.875. The molecular weight excluding hydrogens is 175 g/mol. The van der Waals surface area contributed by atoms with E-state index in [1.54, 1.807) is 11.9 Å². The zero-order chi connectivity index (χ0) is 9.84. The molecule has 1 unspecified atom stereocenters. The van der Waals surface area contributed by atoms with E-state index in [1.165, 1.54) is 4.90 Å². The number of alkyl halides is 1. The molecule has 2 amide bonds. The van der Waals surface area contributed by atoms with Gasteiger partial charge in [0.2, 0.25) is 0 Å². The Morgan fingerprint density at radius 2 is 2.31 bits per heavy atom. The van der Waals surface area contributed by atoms with Crippen molar-refractivity contribution < 1.29 is 14.3 Å². The first-order chi connectivity index (χ1) is 6.15. The highest BCUT2D eigenvalue weighted by molar-refractivity contribution is 5.74. The van der Waals surface area contributed by atoms with Gasteiger partial charge in [-0.05, 0) is 6.42 Å². The monoisotopic (exact) mass is 190 g/mol. The predicted molar refractivity (Wildman–Crippen MR) is 46.2 cm³/mol. The number of amides is 2. The first kappa shape index (κ1) is 10.2. The van der Waals surface area contributed by atoms with Gasteiger partial charge in [0.05, 0.1) is 12.6 Å². The van der Waals surface area contributed by atoms with E-state index in [-0.39, 0.29) is 12.6 Å². The normalized spacial score (nSPS) is 20.7. The summed E-state index contributed by atoms with van der Waals surface area (Å²) in [5.74, 6) is 0. The van der Waals surface area contributed by atoms with Crippen molar-refractivity contribution in [3.63, 3.8) is 0 Å². The lowest BCUT2D eigenvalue weighted by Crippen LogP contribution is -2.50. The average Bonchev–Trinajstić information content (AvgIpc) is 2.13. The minimum Gasteiger partial charge on any atom is -0.389 e. The second-order valence-electron chi connectivity index (χ2n) is 3.31. The summed E-state index contributed by atoms with van der Waals surface area (Å²) in [5, 5.41) is 9.03. The minimum absolute atomic E-state index is 0.0969. The number of β-amino-alcohol motifs (C(OH)–C–C–N with tert-alkyl or cyclic N) is 1. The fourth-order valence-electron chi connectivity index (χ4n) is 1.40. The molecule has 13 heavy (non-hydrogen) atoms. The van der Waals surface area contributed by atoms with Crippen LogP contribution in [-0.4, -0.2) is 60.4 Å². The SMILES string of the molecule is CN1CCCN(CC(O)CF)C1=O. The molecule has 0 radical (unpaired) electrons. The van der Waals surface area contributed by atoms with E-state index < -0.39 is 12.8 Å². The molecule has 5 heteroatoms. The molecule has 0 aliphatic carbocycles. The van der Waals surface area contributed by atoms with Gasteiger partial charge in [-0.1, -0.05) is 0 Å². The van der Waals surface area contributed by atoms with Crippen LogP contribution in [0.15, 0.2) is 0 Å². The molecule has 0 aromatic heterocycles. The van der Waals surface area contributed by atoms with Crippen molar-refractivity contribution in [2.75, 3.05) is 33.4 Å². The van der Waals surface area contributed by atoms with Crippen molar-refractivity contribution in [3.05, 3.63) is 0 Å². The number of halogens is 1. The summed E-state index contributed by atoms with van der Waals surface area (Å²) < 4.78 is 12.0. The Balaban J connectivity index is 2.44. The molecule has 1 rings (SSSR count). The molecule has 76 valence electrons. The van der Waals surface area contributed by atoms with Crippen LogP contribution in [-0.2, 0) is 0 Å². The van der Waals surface area contributed by atoms with Crippen molar-refractivity contribution in [2.24, 2.45) is 0 Å². The highest BCUT2D eigenvalue weighted by Gasteiger charge is 2.24. The van der Waals surface area contributed by atoms with Gasteiger partial charge in [0, 0.05) is 20.1 Å². The predicted octanol–water partition coefficient (Wildman–Crippen LogP) is 0.0743. The van der Waals surface area contributed by atoms with Gasteiger partial charge in [0.15, 0.2) is 0 Å². The van der Waals surface area contributed by atoms with Gasteiger partial charge in [0.1, 0.15) is 6.67 Å². The number of hydrogen-bond donors (Lipinski definition) is 1. The standard InChI is InChI=1S/C8H15FN2O2/c1-10-3-2-4-11(8(10)13)6-7(12)5-9/h7,12H,2-6H2,1H3. The van der Waals surface area contributed by atoms with E-state index in [2.05, 4.69) is 0 Å². The summed E-state index contributed by atoms with van der Waals surface area (Å²) in [4.78, 5) is 14.5. The maximum absolute atomic E-state index is 12.0. The summed E-state index contributed by atoms with van der Waals surface area (Å²) >= 11 is 0. The Hall–Kier alpha value is -0.840. The summed E-state index contributed by atoms with van der Waals surface area (Å²) in [5.41, 5.74) is 0. The molecule has 0 saturated carbocycles. The van der Waals surface area contributed by atoms with Crippen LogP contribution in [0.5, 0.6) is 0 Å². The summed E-state index contributed by atoms with van der Waals surface area (Å²) in [7, 11) is 1.70. The average molecular weight is 190 g/mol. The summed E-state index contributed by atoms with van der Waals surface area (Å²) in [6.07, 6.45) is -0.170. The maximum atomic E-state index is 12.0. The van der Waals surface area contributed by atoms with Gasteiger partial charge in [-0.15, -0.1) is 0 Å². The molecular formula is C8H15FN2O2. The second-order valence-corrected chi connectivity index (χ2v) is 3.31. The van der Waals surface area contributed by atoms with E-state index >= 15 is 0 Å². The molecule has 1 heterocycles. The molecule has 0 bridgehead atoms. The molecule has 0 aromatic rings. The zero-order valence-electron chi connectivity index (χ0n) is 7.74. The van der Waals surface area contributed by atoms with Crippen LogP contribution < -0.4 is 0 Å². The van der Waals surface area contributed by atoms with E-state index in [0.29, 0.717) is 6.54 Å². The van der Waals surface area contributed by atoms with Gasteiger partial charge in [-0.3, -0.25) is 0 Å². The van der Waals surface area contributed by atoms with Gasteiger partial charge in [-0.25, -0.2) is 9.18 Å². The molecule has 1 saturated heterocycles. The number of nitrogens with zero attached hydrogens (tertiary/aromatic N) is 2. The van der Waals surface area contributed by atoms with E-state index in [0.717, 1.165) is 13.0 Å². The number of aliphatic hydroxyl groups is 1. The van der Waals surface area contributed by atoms with Gasteiger partial charge < -0.3 is 14.9 Å². The zero-order valence-corrected chi connectivity index (χ0v) is 7.74. The third kappa shape index (κ3) is 2.55. The van der Waals surface area contributed by atoms with Crippen molar-refractivity contribution in [3.8, 4) is 0 Å². The highest BCUT2D eigenvalue weighted by Crippen LogP contribution is 2.07. The van der Waals surface area contributed by atoms with Crippen molar-refractivity contribution >= 4 is 6.03 Å². The Bertz CT molecular complexity index is 189. The molecule has 1 aliphatic heterocycles. The van der Waals surface area contributed by atoms with Crippen molar-refractivity contribution in [2.45, 2.75) is 12.5 Å². The van der Waals surface area contributed by atoms with Crippen LogP contribution >= 0.6 is 0 Å². The van der Waals surface area contributed by atoms with Crippen LogP contribution in [0.1, 0.15) is 6.42 Å². The maximum Gasteiger partial charge on any atom is 0.319 e. The molecule has 0 aromatic carbocycles. The molecule has 1 N–H and O–H groups in total. The molecule has 1 fully saturated rings. The van der Waals surface area contributed by atoms with Crippen LogP contribution in [0.25, 0.3) is 0 Å². The van der Waals surface area contributed by atoms with Crippen LogP contribution in [0, 0.1) is 0 Å². The van der Waals surface area contributed by atoms with E-state index in [4.69, 9.17) is 5.11 Å². The van der Waals surface area contributed by atoms with Crippen LogP contribution in [0.3, 0.4) is 0 Å². The lowest BCUT2D eigenvalue weighted by Gasteiger charge is -2.34. The Morgan fingerprint density at radius 1 is 1.62 bits per heavy atom. The number of aliphatic hydroxyl groups excluding tert-OH is 1. The summed E-state index contributed by atoms with van der Waals surface area (Å²) in [6, 6.07) is -0.126. The van der Waals surface area contributed by atoms with Crippen molar-refractivity contribution in [1.82, 2.24) is 9.80 Å². The topological polar surface area (TPSA) is 43.8 Å². The lowest BCUT2D eigenvalue weighted by molar-refractivity contribution is 0.0782. The first-order valence-corrected chi connectivity index (χ1v) is 4.39. The number of urea groups is 1. The fourth-order valence-corrected chi connectivity index (χ4v) is 1.40. The molecule has 4 nitrogen and oxygen atoms in total. The molecule has 1 atom stereocenters. The van der Waals surface area contributed by atoms with Gasteiger partial charge in [0.25, 0.3) is 0 Å². The van der Waals surface area contributed by atoms with E-state index in [1.807, 2.05) is 0 Å². The first-order valence-electron chi connectivity index (χ1n) is 4.39. The second kappa shape index (κ2) is 4.41. The van der Waals surface area contributed by atoms with Crippen LogP contribution in [0.2, 0.25) is 0 Å². The Kier molecular flexibility index (Phi) is 3.48. The third-order valence-electron chi connectivity index (χ3n) is 2.13. The Morgan fingerprint density at radius 3 is 2.92 bits per heavy atom. The highest BCUT2D eigenvalue weighted by atomic mass is 19.1. The number of hydrogen-bond acceptors (Lipinski definition) is 2. The Labute approximate surface area is 76.9 Å². The van der Waals surface area contributed by atoms with Gasteiger partial charge >= 0.3 is 6.03 Å². The quantitative estimate of drug-likeness (QED) is 0.684. The van der Waals surface area contributed by atoms with E-state index in [9.17, 15) is 9.18 Å². The number of rotatable bonds is 3. The van der Waals surface area contributed by atoms with Crippen molar-refractivity contribution in [1.29, 1.82) is 0 Å². The minimum atomic E-state index is -1.05. The number of carbonyl (C=O) groups is 1. The molecule has 1 aliphatic rings. The third-order valence-corrected chi connectivity index (χ3v) is 2.13. The largest absolute Gasteiger partial charge is 0.389 e. The van der Waals surface area contributed by atoms with Crippen LogP contribution in [0.4, 0.5) is 9.18 Å². The van der Waals surface area contributed by atoms with Gasteiger partial charge in [-0.2, -0.15) is 0 Å². The summed E-state index contributed by atoms with van der Waals surface area (Å²) in [6.45, 7) is 0.647. The smallest absolute Gasteiger partial charge is 0.319 e. The number of carbonyl (C=O) groups excluding carboxylic acids is 1.